The van der Waals surface area contributed by atoms with Gasteiger partial charge in [-0.25, -0.2) is 4.98 Å². The van der Waals surface area contributed by atoms with Crippen LogP contribution in [0.15, 0.2) is 48.8 Å². The van der Waals surface area contributed by atoms with E-state index >= 15 is 0 Å². The zero-order chi connectivity index (χ0) is 17.1. The molecule has 1 aromatic carbocycles. The molecule has 0 aliphatic heterocycles. The second-order valence-electron chi connectivity index (χ2n) is 5.22. The Morgan fingerprint density at radius 3 is 2.33 bits per heavy atom. The lowest BCUT2D eigenvalue weighted by molar-refractivity contribution is -0.116. The van der Waals surface area contributed by atoms with E-state index in [0.29, 0.717) is 5.13 Å². The van der Waals surface area contributed by atoms with Crippen LogP contribution in [0.25, 0.3) is 21.7 Å². The van der Waals surface area contributed by atoms with Crippen LogP contribution in [-0.2, 0) is 4.79 Å². The van der Waals surface area contributed by atoms with E-state index in [4.69, 9.17) is 9.72 Å². The molecule has 3 aromatic rings. The molecule has 3 rings (SSSR count). The Labute approximate surface area is 144 Å². The topological polar surface area (TPSA) is 55.3 Å². The van der Waals surface area contributed by atoms with E-state index in [1.165, 1.54) is 18.3 Å². The summed E-state index contributed by atoms with van der Waals surface area (Å²) in [6, 6.07) is 11.6. The lowest BCUT2D eigenvalue weighted by Gasteiger charge is -2.09. The largest absolute Gasteiger partial charge is 0.497 e. The Morgan fingerprint density at radius 1 is 1.08 bits per heavy atom. The Kier molecular flexibility index (Phi) is 4.57. The smallest absolute Gasteiger partial charge is 0.225 e. The van der Waals surface area contributed by atoms with Gasteiger partial charge in [0.15, 0.2) is 5.13 Å². The summed E-state index contributed by atoms with van der Waals surface area (Å²) in [7, 11) is 3.37. The molecule has 0 N–H and O–H groups in total. The lowest BCUT2D eigenvalue weighted by Crippen LogP contribution is -2.22. The molecular weight excluding hydrogens is 322 g/mol. The van der Waals surface area contributed by atoms with Crippen molar-refractivity contribution in [3.05, 3.63) is 48.8 Å². The highest BCUT2D eigenvalue weighted by Crippen LogP contribution is 2.40. The Bertz CT molecular complexity index is 844. The molecule has 0 bridgehead atoms. The summed E-state index contributed by atoms with van der Waals surface area (Å²) in [5, 5.41) is 0.667. The summed E-state index contributed by atoms with van der Waals surface area (Å²) in [5.74, 6) is 0.742. The van der Waals surface area contributed by atoms with Gasteiger partial charge in [-0.3, -0.25) is 14.7 Å². The average molecular weight is 339 g/mol. The van der Waals surface area contributed by atoms with E-state index in [1.807, 2.05) is 36.4 Å². The maximum absolute atomic E-state index is 11.7. The maximum atomic E-state index is 11.7. The van der Waals surface area contributed by atoms with Crippen LogP contribution in [0, 0.1) is 0 Å². The number of aromatic nitrogens is 2. The first-order valence-corrected chi connectivity index (χ1v) is 8.21. The zero-order valence-corrected chi connectivity index (χ0v) is 14.5. The van der Waals surface area contributed by atoms with Crippen LogP contribution in [0.5, 0.6) is 5.75 Å². The fourth-order valence-electron chi connectivity index (χ4n) is 2.23. The molecule has 2 heterocycles. The highest BCUT2D eigenvalue weighted by Gasteiger charge is 2.18. The molecule has 0 spiro atoms. The Hall–Kier alpha value is -2.73. The molecule has 0 atom stereocenters. The predicted molar refractivity (Wildman–Crippen MR) is 96.4 cm³/mol. The number of carbonyl (C=O) groups is 1. The van der Waals surface area contributed by atoms with E-state index in [2.05, 4.69) is 4.98 Å². The van der Waals surface area contributed by atoms with Crippen molar-refractivity contribution in [3.8, 4) is 27.4 Å². The third kappa shape index (κ3) is 3.14. The SMILES string of the molecule is COc1ccc(-c2nc(N(C)C(C)=O)sc2-c2ccncc2)cc1. The predicted octanol–water partition coefficient (Wildman–Crippen LogP) is 3.86. The number of anilines is 1. The van der Waals surface area contributed by atoms with Crippen LogP contribution >= 0.6 is 11.3 Å². The lowest BCUT2D eigenvalue weighted by atomic mass is 10.1. The molecule has 0 unspecified atom stereocenters. The van der Waals surface area contributed by atoms with Crippen molar-refractivity contribution >= 4 is 22.4 Å². The van der Waals surface area contributed by atoms with Gasteiger partial charge < -0.3 is 4.74 Å². The fraction of sp³-hybridized carbons (Fsp3) is 0.167. The number of methoxy groups -OCH3 is 1. The molecule has 0 aliphatic rings. The summed E-state index contributed by atoms with van der Waals surface area (Å²) >= 11 is 1.49. The molecular formula is C18H17N3O2S. The molecule has 0 aliphatic carbocycles. The molecule has 0 saturated carbocycles. The third-order valence-corrected chi connectivity index (χ3v) is 4.86. The fourth-order valence-corrected chi connectivity index (χ4v) is 3.33. The van der Waals surface area contributed by atoms with Gasteiger partial charge in [0.05, 0.1) is 17.7 Å². The highest BCUT2D eigenvalue weighted by molar-refractivity contribution is 7.19. The summed E-state index contributed by atoms with van der Waals surface area (Å²) in [6.45, 7) is 1.53. The van der Waals surface area contributed by atoms with Gasteiger partial charge >= 0.3 is 0 Å². The quantitative estimate of drug-likeness (QED) is 0.724. The summed E-state index contributed by atoms with van der Waals surface area (Å²) < 4.78 is 5.22. The molecule has 1 amide bonds. The number of hydrogen-bond donors (Lipinski definition) is 0. The number of rotatable bonds is 4. The van der Waals surface area contributed by atoms with Crippen LogP contribution in [-0.4, -0.2) is 30.0 Å². The van der Waals surface area contributed by atoms with Crippen LogP contribution < -0.4 is 9.64 Å². The summed E-state index contributed by atoms with van der Waals surface area (Å²) in [4.78, 5) is 23.0. The van der Waals surface area contributed by atoms with Gasteiger partial charge in [-0.15, -0.1) is 0 Å². The minimum absolute atomic E-state index is 0.0497. The number of thiazole rings is 1. The Balaban J connectivity index is 2.13. The van der Waals surface area contributed by atoms with Crippen molar-refractivity contribution in [3.63, 3.8) is 0 Å². The summed E-state index contributed by atoms with van der Waals surface area (Å²) in [5.41, 5.74) is 2.84. The number of pyridine rings is 1. The van der Waals surface area contributed by atoms with Crippen LogP contribution in [0.3, 0.4) is 0 Å². The summed E-state index contributed by atoms with van der Waals surface area (Å²) in [6.07, 6.45) is 3.50. The maximum Gasteiger partial charge on any atom is 0.225 e. The van der Waals surface area contributed by atoms with Crippen molar-refractivity contribution < 1.29 is 9.53 Å². The van der Waals surface area contributed by atoms with Crippen molar-refractivity contribution in [2.75, 3.05) is 19.1 Å². The first-order chi connectivity index (χ1) is 11.6. The number of hydrogen-bond acceptors (Lipinski definition) is 5. The van der Waals surface area contributed by atoms with Crippen LogP contribution in [0.4, 0.5) is 5.13 Å². The highest BCUT2D eigenvalue weighted by atomic mass is 32.1. The molecule has 24 heavy (non-hydrogen) atoms. The van der Waals surface area contributed by atoms with E-state index in [0.717, 1.165) is 27.4 Å². The van der Waals surface area contributed by atoms with Gasteiger partial charge in [0.2, 0.25) is 5.91 Å². The van der Waals surface area contributed by atoms with Gasteiger partial charge in [0.25, 0.3) is 0 Å². The van der Waals surface area contributed by atoms with Crippen molar-refractivity contribution in [2.24, 2.45) is 0 Å². The van der Waals surface area contributed by atoms with E-state index in [9.17, 15) is 4.79 Å². The number of amides is 1. The minimum atomic E-state index is -0.0497. The molecule has 122 valence electrons. The third-order valence-electron chi connectivity index (χ3n) is 3.68. The van der Waals surface area contributed by atoms with E-state index in [-0.39, 0.29) is 5.91 Å². The molecule has 0 saturated heterocycles. The van der Waals surface area contributed by atoms with Gasteiger partial charge in [0.1, 0.15) is 5.75 Å². The van der Waals surface area contributed by atoms with Crippen molar-refractivity contribution in [2.45, 2.75) is 6.92 Å². The van der Waals surface area contributed by atoms with E-state index < -0.39 is 0 Å². The molecule has 0 radical (unpaired) electrons. The second-order valence-corrected chi connectivity index (χ2v) is 6.19. The molecule has 2 aromatic heterocycles. The first-order valence-electron chi connectivity index (χ1n) is 7.40. The Morgan fingerprint density at radius 2 is 1.75 bits per heavy atom. The second kappa shape index (κ2) is 6.80. The first kappa shape index (κ1) is 16.1. The standard InChI is InChI=1S/C18H17N3O2S/c1-12(22)21(2)18-20-16(13-4-6-15(23-3)7-5-13)17(24-18)14-8-10-19-11-9-14/h4-11H,1-3H3. The average Bonchev–Trinajstić information content (AvgIpc) is 3.07. The van der Waals surface area contributed by atoms with E-state index in [1.54, 1.807) is 31.5 Å². The molecule has 5 nitrogen and oxygen atoms in total. The number of benzene rings is 1. The molecule has 6 heteroatoms. The number of nitrogens with zero attached hydrogens (tertiary/aromatic N) is 3. The van der Waals surface area contributed by atoms with Crippen LogP contribution in [0.2, 0.25) is 0 Å². The zero-order valence-electron chi connectivity index (χ0n) is 13.7. The van der Waals surface area contributed by atoms with Crippen LogP contribution in [0.1, 0.15) is 6.92 Å². The minimum Gasteiger partial charge on any atom is -0.497 e. The van der Waals surface area contributed by atoms with Gasteiger partial charge in [-0.1, -0.05) is 11.3 Å². The monoisotopic (exact) mass is 339 g/mol. The number of ether oxygens (including phenoxy) is 1. The van der Waals surface area contributed by atoms with Gasteiger partial charge in [-0.05, 0) is 42.0 Å². The van der Waals surface area contributed by atoms with Crippen molar-refractivity contribution in [1.82, 2.24) is 9.97 Å². The number of carbonyl (C=O) groups excluding carboxylic acids is 1. The molecule has 0 fully saturated rings. The van der Waals surface area contributed by atoms with Gasteiger partial charge in [-0.2, -0.15) is 0 Å². The normalized spacial score (nSPS) is 10.5. The van der Waals surface area contributed by atoms with Crippen molar-refractivity contribution in [1.29, 1.82) is 0 Å². The van der Waals surface area contributed by atoms with Gasteiger partial charge in [0, 0.05) is 31.9 Å².